The second-order valence-electron chi connectivity index (χ2n) is 8.31. The Balaban J connectivity index is 1.68. The molecule has 2 aromatic carbocycles. The number of carbonyl (C=O) groups is 2. The SMILES string of the molecule is CC(C)(C)OC(=O)/C=C/c1ccccc1NCc1nc2ccc(CCC(N)=O)cc2[nH]1. The number of hydrogen-bond acceptors (Lipinski definition) is 5. The molecule has 0 unspecified atom stereocenters. The zero-order valence-electron chi connectivity index (χ0n) is 18.1. The lowest BCUT2D eigenvalue weighted by molar-refractivity contribution is -0.148. The Bertz CT molecular complexity index is 1110. The highest BCUT2D eigenvalue weighted by Crippen LogP contribution is 2.20. The number of aromatic amines is 1. The van der Waals surface area contributed by atoms with E-state index in [1.54, 1.807) is 6.08 Å². The minimum absolute atomic E-state index is 0.311. The van der Waals surface area contributed by atoms with Crippen molar-refractivity contribution in [3.63, 3.8) is 0 Å². The summed E-state index contributed by atoms with van der Waals surface area (Å²) in [5.41, 5.74) is 9.26. The summed E-state index contributed by atoms with van der Waals surface area (Å²) in [6.45, 7) is 6.00. The highest BCUT2D eigenvalue weighted by atomic mass is 16.6. The van der Waals surface area contributed by atoms with E-state index in [1.165, 1.54) is 6.08 Å². The van der Waals surface area contributed by atoms with Crippen LogP contribution in [0.2, 0.25) is 0 Å². The normalized spacial score (nSPS) is 11.7. The number of aromatic nitrogens is 2. The van der Waals surface area contributed by atoms with Crippen LogP contribution in [0.1, 0.15) is 44.1 Å². The molecule has 7 nitrogen and oxygen atoms in total. The zero-order chi connectivity index (χ0) is 22.4. The Morgan fingerprint density at radius 1 is 1.19 bits per heavy atom. The number of nitrogens with one attached hydrogen (secondary N) is 2. The monoisotopic (exact) mass is 420 g/mol. The second-order valence-corrected chi connectivity index (χ2v) is 8.31. The number of H-pyrrole nitrogens is 1. The number of nitrogens with zero attached hydrogens (tertiary/aromatic N) is 1. The van der Waals surface area contributed by atoms with E-state index in [0.717, 1.165) is 33.7 Å². The number of anilines is 1. The van der Waals surface area contributed by atoms with Gasteiger partial charge in [0.25, 0.3) is 0 Å². The number of amides is 1. The summed E-state index contributed by atoms with van der Waals surface area (Å²) in [6, 6.07) is 13.6. The van der Waals surface area contributed by atoms with Gasteiger partial charge >= 0.3 is 5.97 Å². The van der Waals surface area contributed by atoms with Crippen molar-refractivity contribution in [1.82, 2.24) is 9.97 Å². The first kappa shape index (κ1) is 22.1. The van der Waals surface area contributed by atoms with E-state index >= 15 is 0 Å². The molecule has 0 radical (unpaired) electrons. The van der Waals surface area contributed by atoms with E-state index in [2.05, 4.69) is 15.3 Å². The summed E-state index contributed by atoms with van der Waals surface area (Å²) in [5, 5.41) is 3.36. The van der Waals surface area contributed by atoms with Gasteiger partial charge in [0.2, 0.25) is 5.91 Å². The molecule has 7 heteroatoms. The van der Waals surface area contributed by atoms with Gasteiger partial charge in [-0.3, -0.25) is 4.79 Å². The molecule has 0 aliphatic rings. The van der Waals surface area contributed by atoms with E-state index in [0.29, 0.717) is 19.4 Å². The lowest BCUT2D eigenvalue weighted by Crippen LogP contribution is -2.22. The van der Waals surface area contributed by atoms with Gasteiger partial charge in [0.1, 0.15) is 11.4 Å². The Morgan fingerprint density at radius 2 is 1.97 bits per heavy atom. The molecule has 1 aromatic heterocycles. The van der Waals surface area contributed by atoms with Crippen LogP contribution < -0.4 is 11.1 Å². The van der Waals surface area contributed by atoms with Crippen LogP contribution in [-0.4, -0.2) is 27.4 Å². The van der Waals surface area contributed by atoms with E-state index in [1.807, 2.05) is 63.2 Å². The number of hydrogen-bond donors (Lipinski definition) is 3. The van der Waals surface area contributed by atoms with E-state index in [-0.39, 0.29) is 11.9 Å². The first-order valence-corrected chi connectivity index (χ1v) is 10.2. The summed E-state index contributed by atoms with van der Waals surface area (Å²) < 4.78 is 5.32. The molecule has 0 atom stereocenters. The Morgan fingerprint density at radius 3 is 2.71 bits per heavy atom. The largest absolute Gasteiger partial charge is 0.457 e. The molecule has 1 amide bonds. The van der Waals surface area contributed by atoms with Gasteiger partial charge in [-0.15, -0.1) is 0 Å². The molecule has 0 fully saturated rings. The van der Waals surface area contributed by atoms with Crippen LogP contribution in [0, 0.1) is 0 Å². The van der Waals surface area contributed by atoms with Crippen LogP contribution in [0.5, 0.6) is 0 Å². The molecule has 0 aliphatic carbocycles. The minimum atomic E-state index is -0.528. The van der Waals surface area contributed by atoms with Crippen molar-refractivity contribution in [3.8, 4) is 0 Å². The van der Waals surface area contributed by atoms with Crippen LogP contribution >= 0.6 is 0 Å². The topological polar surface area (TPSA) is 110 Å². The van der Waals surface area contributed by atoms with Gasteiger partial charge in [-0.1, -0.05) is 24.3 Å². The summed E-state index contributed by atoms with van der Waals surface area (Å²) >= 11 is 0. The van der Waals surface area contributed by atoms with E-state index in [9.17, 15) is 9.59 Å². The summed E-state index contributed by atoms with van der Waals surface area (Å²) in [6.07, 6.45) is 4.09. The summed E-state index contributed by atoms with van der Waals surface area (Å²) in [5.74, 6) is 0.0914. The molecular weight excluding hydrogens is 392 g/mol. The number of nitrogens with two attached hydrogens (primary N) is 1. The number of benzene rings is 2. The minimum Gasteiger partial charge on any atom is -0.457 e. The average molecular weight is 421 g/mol. The highest BCUT2D eigenvalue weighted by molar-refractivity contribution is 5.88. The first-order chi connectivity index (χ1) is 14.7. The maximum absolute atomic E-state index is 12.0. The number of ether oxygens (including phenoxy) is 1. The fraction of sp³-hybridized carbons (Fsp3) is 0.292. The molecule has 3 rings (SSSR count). The maximum Gasteiger partial charge on any atom is 0.331 e. The smallest absolute Gasteiger partial charge is 0.331 e. The van der Waals surface area contributed by atoms with Crippen molar-refractivity contribution in [1.29, 1.82) is 0 Å². The average Bonchev–Trinajstić information content (AvgIpc) is 3.10. The third kappa shape index (κ3) is 6.70. The molecule has 31 heavy (non-hydrogen) atoms. The third-order valence-electron chi connectivity index (χ3n) is 4.47. The fourth-order valence-electron chi connectivity index (χ4n) is 3.09. The number of fused-ring (bicyclic) bond motifs is 1. The van der Waals surface area contributed by atoms with Gasteiger partial charge < -0.3 is 20.8 Å². The number of primary amides is 1. The van der Waals surface area contributed by atoms with E-state index in [4.69, 9.17) is 10.5 Å². The van der Waals surface area contributed by atoms with Gasteiger partial charge in [-0.05, 0) is 62.6 Å². The lowest BCUT2D eigenvalue weighted by atomic mass is 10.1. The van der Waals surface area contributed by atoms with Gasteiger partial charge in [-0.2, -0.15) is 0 Å². The summed E-state index contributed by atoms with van der Waals surface area (Å²) in [7, 11) is 0. The molecule has 0 saturated heterocycles. The van der Waals surface area contributed by atoms with Gasteiger partial charge in [0, 0.05) is 18.2 Å². The van der Waals surface area contributed by atoms with Crippen molar-refractivity contribution >= 4 is 34.7 Å². The van der Waals surface area contributed by atoms with Crippen molar-refractivity contribution < 1.29 is 14.3 Å². The number of rotatable bonds is 8. The van der Waals surface area contributed by atoms with Crippen molar-refractivity contribution in [2.45, 2.75) is 45.8 Å². The molecule has 0 aliphatic heterocycles. The predicted octanol–water partition coefficient (Wildman–Crippen LogP) is 3.95. The molecule has 0 bridgehead atoms. The predicted molar refractivity (Wildman–Crippen MR) is 122 cm³/mol. The van der Waals surface area contributed by atoms with Crippen LogP contribution in [0.25, 0.3) is 17.1 Å². The molecule has 4 N–H and O–H groups in total. The summed E-state index contributed by atoms with van der Waals surface area (Å²) in [4.78, 5) is 30.9. The second kappa shape index (κ2) is 9.47. The molecule has 0 saturated carbocycles. The lowest BCUT2D eigenvalue weighted by Gasteiger charge is -2.18. The molecule has 1 heterocycles. The van der Waals surface area contributed by atoms with Crippen LogP contribution in [-0.2, 0) is 27.3 Å². The van der Waals surface area contributed by atoms with Crippen molar-refractivity contribution in [2.75, 3.05) is 5.32 Å². The first-order valence-electron chi connectivity index (χ1n) is 10.2. The number of aryl methyl sites for hydroxylation is 1. The molecule has 3 aromatic rings. The highest BCUT2D eigenvalue weighted by Gasteiger charge is 2.14. The Labute approximate surface area is 181 Å². The van der Waals surface area contributed by atoms with Crippen molar-refractivity contribution in [2.24, 2.45) is 5.73 Å². The Kier molecular flexibility index (Phi) is 6.74. The van der Waals surface area contributed by atoms with Crippen LogP contribution in [0.4, 0.5) is 5.69 Å². The van der Waals surface area contributed by atoms with Gasteiger partial charge in [0.05, 0.1) is 17.6 Å². The van der Waals surface area contributed by atoms with Crippen molar-refractivity contribution in [3.05, 3.63) is 65.5 Å². The third-order valence-corrected chi connectivity index (χ3v) is 4.47. The maximum atomic E-state index is 12.0. The number of imidazole rings is 1. The van der Waals surface area contributed by atoms with Crippen LogP contribution in [0.3, 0.4) is 0 Å². The fourth-order valence-corrected chi connectivity index (χ4v) is 3.09. The van der Waals surface area contributed by atoms with Gasteiger partial charge in [0.15, 0.2) is 0 Å². The number of para-hydroxylation sites is 1. The molecular formula is C24H28N4O3. The Hall–Kier alpha value is -3.61. The molecule has 162 valence electrons. The number of esters is 1. The quantitative estimate of drug-likeness (QED) is 0.378. The van der Waals surface area contributed by atoms with E-state index < -0.39 is 5.60 Å². The van der Waals surface area contributed by atoms with Gasteiger partial charge in [-0.25, -0.2) is 9.78 Å². The zero-order valence-corrected chi connectivity index (χ0v) is 18.1. The standard InChI is InChI=1S/C24H28N4O3/c1-24(2,3)31-23(30)13-10-17-6-4-5-7-18(17)26-15-22-27-19-11-8-16(9-12-21(25)29)14-20(19)28-22/h4-8,10-11,13-14,26H,9,12,15H2,1-3H3,(H2,25,29)(H,27,28)/b13-10+. The number of carbonyl (C=O) groups excluding carboxylic acids is 2. The molecule has 0 spiro atoms. The van der Waals surface area contributed by atoms with Crippen LogP contribution in [0.15, 0.2) is 48.5 Å².